The van der Waals surface area contributed by atoms with Crippen LogP contribution in [0.2, 0.25) is 0 Å². The van der Waals surface area contributed by atoms with Crippen molar-refractivity contribution in [2.24, 2.45) is 23.7 Å². The molecule has 0 spiro atoms. The zero-order valence-electron chi connectivity index (χ0n) is 31.0. The van der Waals surface area contributed by atoms with E-state index in [4.69, 9.17) is 0 Å². The van der Waals surface area contributed by atoms with Crippen LogP contribution < -0.4 is 0 Å². The number of piperidine rings is 2. The van der Waals surface area contributed by atoms with E-state index in [2.05, 4.69) is 140 Å². The van der Waals surface area contributed by atoms with Crippen molar-refractivity contribution in [2.75, 3.05) is 14.1 Å². The molecule has 3 rings (SSSR count). The average Bonchev–Trinajstić information content (AvgIpc) is 2.78. The monoisotopic (exact) mass is 583 g/mol. The van der Waals surface area contributed by atoms with Gasteiger partial charge >= 0.3 is 0 Å². The molecule has 1 aromatic carbocycles. The lowest BCUT2D eigenvalue weighted by Crippen LogP contribution is -2.62. The smallest absolute Gasteiger partial charge is 0.123 e. The van der Waals surface area contributed by atoms with E-state index < -0.39 is 0 Å². The van der Waals surface area contributed by atoms with Crippen LogP contribution in [0.15, 0.2) is 12.1 Å². The van der Waals surface area contributed by atoms with Gasteiger partial charge in [0, 0.05) is 22.2 Å². The van der Waals surface area contributed by atoms with Crippen molar-refractivity contribution in [2.45, 2.75) is 175 Å². The number of rotatable bonds is 6. The molecule has 0 radical (unpaired) electrons. The topological polar surface area (TPSA) is 26.7 Å². The van der Waals surface area contributed by atoms with E-state index in [0.29, 0.717) is 17.6 Å². The van der Waals surface area contributed by atoms with Gasteiger partial charge in [-0.3, -0.25) is 9.80 Å². The van der Waals surface area contributed by atoms with Crippen molar-refractivity contribution in [3.05, 3.63) is 28.8 Å². The standard InChI is InChI=1S/C39H70N2O/c1-26(18-27-20-31(34(2,3)4)33(42)32(21-27)35(5,6)7)19-30(28-22-36(8,9)40(16)37(10,11)23-28)29-24-38(12,13)41(17)39(14,15)25-29/h20-21,26,28-30,42H,18-19,22-25H2,1-17H3. The summed E-state index contributed by atoms with van der Waals surface area (Å²) in [6, 6.07) is 4.64. The highest BCUT2D eigenvalue weighted by molar-refractivity contribution is 5.50. The molecule has 242 valence electrons. The molecule has 3 nitrogen and oxygen atoms in total. The van der Waals surface area contributed by atoms with Crippen molar-refractivity contribution in [1.82, 2.24) is 9.80 Å². The average molecular weight is 583 g/mol. The Morgan fingerprint density at radius 3 is 1.29 bits per heavy atom. The minimum absolute atomic E-state index is 0.0948. The third-order valence-electron chi connectivity index (χ3n) is 11.9. The first kappa shape index (κ1) is 35.4. The van der Waals surface area contributed by atoms with Crippen molar-refractivity contribution in [1.29, 1.82) is 0 Å². The van der Waals surface area contributed by atoms with Gasteiger partial charge in [-0.15, -0.1) is 0 Å². The summed E-state index contributed by atoms with van der Waals surface area (Å²) in [6.45, 7) is 35.7. The van der Waals surface area contributed by atoms with E-state index >= 15 is 0 Å². The van der Waals surface area contributed by atoms with E-state index in [1.165, 1.54) is 37.7 Å². The van der Waals surface area contributed by atoms with Crippen molar-refractivity contribution in [3.8, 4) is 5.75 Å². The molecule has 2 saturated heterocycles. The first-order chi connectivity index (χ1) is 18.7. The summed E-state index contributed by atoms with van der Waals surface area (Å²) in [7, 11) is 4.69. The maximum Gasteiger partial charge on any atom is 0.123 e. The molecule has 0 bridgehead atoms. The van der Waals surface area contributed by atoms with Gasteiger partial charge in [0.25, 0.3) is 0 Å². The molecule has 1 unspecified atom stereocenters. The highest BCUT2D eigenvalue weighted by Gasteiger charge is 2.50. The van der Waals surface area contributed by atoms with Gasteiger partial charge in [0.2, 0.25) is 0 Å². The van der Waals surface area contributed by atoms with Crippen LogP contribution in [0.1, 0.15) is 153 Å². The minimum atomic E-state index is -0.0948. The number of hydrogen-bond donors (Lipinski definition) is 1. The van der Waals surface area contributed by atoms with E-state index in [1.54, 1.807) is 0 Å². The van der Waals surface area contributed by atoms with E-state index in [0.717, 1.165) is 29.4 Å². The Bertz CT molecular complexity index is 983. The number of likely N-dealkylation sites (tertiary alicyclic amines) is 2. The van der Waals surface area contributed by atoms with Gasteiger partial charge in [-0.25, -0.2) is 0 Å². The largest absolute Gasteiger partial charge is 0.507 e. The molecule has 0 aromatic heterocycles. The highest BCUT2D eigenvalue weighted by atomic mass is 16.3. The first-order valence-electron chi connectivity index (χ1n) is 17.0. The van der Waals surface area contributed by atoms with Crippen LogP contribution >= 0.6 is 0 Å². The fraction of sp³-hybridized carbons (Fsp3) is 0.846. The Morgan fingerprint density at radius 1 is 0.690 bits per heavy atom. The van der Waals surface area contributed by atoms with E-state index in [1.807, 2.05) is 0 Å². The van der Waals surface area contributed by atoms with Gasteiger partial charge < -0.3 is 5.11 Å². The third kappa shape index (κ3) is 7.42. The summed E-state index contributed by atoms with van der Waals surface area (Å²) in [5.74, 6) is 3.24. The summed E-state index contributed by atoms with van der Waals surface area (Å²) in [5, 5.41) is 11.3. The Balaban J connectivity index is 2.01. The van der Waals surface area contributed by atoms with Gasteiger partial charge in [-0.1, -0.05) is 60.6 Å². The lowest BCUT2D eigenvalue weighted by atomic mass is 9.59. The fourth-order valence-electron chi connectivity index (χ4n) is 9.18. The van der Waals surface area contributed by atoms with Gasteiger partial charge in [-0.2, -0.15) is 0 Å². The summed E-state index contributed by atoms with van der Waals surface area (Å²) >= 11 is 0. The van der Waals surface area contributed by atoms with Gasteiger partial charge in [0.1, 0.15) is 5.75 Å². The second-order valence-corrected chi connectivity index (χ2v) is 19.5. The molecule has 2 heterocycles. The zero-order valence-corrected chi connectivity index (χ0v) is 31.0. The molecule has 1 aromatic rings. The number of phenols is 1. The molecule has 0 aliphatic carbocycles. The molecule has 0 saturated carbocycles. The Hall–Kier alpha value is -1.06. The SMILES string of the molecule is CC(Cc1cc(C(C)(C)C)c(O)c(C(C)(C)C)c1)CC(C1CC(C)(C)N(C)C(C)(C)C1)C1CC(C)(C)N(C)C(C)(C)C1. The summed E-state index contributed by atoms with van der Waals surface area (Å²) in [6.07, 6.45) is 7.45. The summed E-state index contributed by atoms with van der Waals surface area (Å²) in [4.78, 5) is 5.30. The number of hydrogen-bond acceptors (Lipinski definition) is 3. The summed E-state index contributed by atoms with van der Waals surface area (Å²) < 4.78 is 0. The molecule has 42 heavy (non-hydrogen) atoms. The fourth-order valence-corrected chi connectivity index (χ4v) is 9.18. The van der Waals surface area contributed by atoms with Gasteiger partial charge in [0.15, 0.2) is 0 Å². The quantitative estimate of drug-likeness (QED) is 0.361. The third-order valence-corrected chi connectivity index (χ3v) is 11.9. The van der Waals surface area contributed by atoms with Crippen molar-refractivity contribution < 1.29 is 5.11 Å². The normalized spacial score (nSPS) is 24.7. The Labute approximate surface area is 262 Å². The zero-order chi connectivity index (χ0) is 32.4. The molecular formula is C39H70N2O. The molecular weight excluding hydrogens is 512 g/mol. The highest BCUT2D eigenvalue weighted by Crippen LogP contribution is 2.52. The lowest BCUT2D eigenvalue weighted by molar-refractivity contribution is -0.0864. The number of benzene rings is 1. The molecule has 2 aliphatic rings. The number of phenolic OH excluding ortho intramolecular Hbond substituents is 1. The predicted octanol–water partition coefficient (Wildman–Crippen LogP) is 9.97. The van der Waals surface area contributed by atoms with Crippen LogP contribution in [0.25, 0.3) is 0 Å². The number of aromatic hydroxyl groups is 1. The van der Waals surface area contributed by atoms with Crippen LogP contribution in [-0.2, 0) is 17.3 Å². The van der Waals surface area contributed by atoms with Crippen LogP contribution in [0, 0.1) is 23.7 Å². The second-order valence-electron chi connectivity index (χ2n) is 19.5. The molecule has 1 atom stereocenters. The Kier molecular flexibility index (Phi) is 9.60. The molecule has 2 aliphatic heterocycles. The predicted molar refractivity (Wildman–Crippen MR) is 184 cm³/mol. The number of nitrogens with zero attached hydrogens (tertiary/aromatic N) is 2. The van der Waals surface area contributed by atoms with Crippen LogP contribution in [0.5, 0.6) is 5.75 Å². The first-order valence-corrected chi connectivity index (χ1v) is 17.0. The lowest BCUT2D eigenvalue weighted by Gasteiger charge is -2.59. The van der Waals surface area contributed by atoms with Crippen molar-refractivity contribution in [3.63, 3.8) is 0 Å². The Morgan fingerprint density at radius 2 is 1.00 bits per heavy atom. The molecule has 2 fully saturated rings. The summed E-state index contributed by atoms with van der Waals surface area (Å²) in [5.41, 5.74) is 4.18. The van der Waals surface area contributed by atoms with E-state index in [-0.39, 0.29) is 33.0 Å². The minimum Gasteiger partial charge on any atom is -0.507 e. The van der Waals surface area contributed by atoms with Crippen LogP contribution in [0.4, 0.5) is 0 Å². The van der Waals surface area contributed by atoms with Crippen molar-refractivity contribution >= 4 is 0 Å². The van der Waals surface area contributed by atoms with Crippen LogP contribution in [0.3, 0.4) is 0 Å². The van der Waals surface area contributed by atoms with E-state index in [9.17, 15) is 5.11 Å². The maximum atomic E-state index is 11.3. The molecule has 1 N–H and O–H groups in total. The van der Waals surface area contributed by atoms with Crippen LogP contribution in [-0.4, -0.2) is 51.2 Å². The molecule has 0 amide bonds. The molecule has 3 heteroatoms. The second kappa shape index (κ2) is 11.4. The maximum absolute atomic E-state index is 11.3. The van der Waals surface area contributed by atoms with Gasteiger partial charge in [-0.05, 0) is 159 Å². The van der Waals surface area contributed by atoms with Gasteiger partial charge in [0.05, 0.1) is 0 Å².